The summed E-state index contributed by atoms with van der Waals surface area (Å²) in [6.07, 6.45) is 5.92. The smallest absolute Gasteiger partial charge is 0.350 e. The maximum absolute atomic E-state index is 12.3. The van der Waals surface area contributed by atoms with Gasteiger partial charge in [0.25, 0.3) is 0 Å². The lowest BCUT2D eigenvalue weighted by Gasteiger charge is -2.35. The zero-order valence-corrected chi connectivity index (χ0v) is 13.1. The Labute approximate surface area is 128 Å². The van der Waals surface area contributed by atoms with Crippen LogP contribution in [0.2, 0.25) is 0 Å². The van der Waals surface area contributed by atoms with Gasteiger partial charge in [0.05, 0.1) is 12.8 Å². The summed E-state index contributed by atoms with van der Waals surface area (Å²) >= 11 is 1.26. The van der Waals surface area contributed by atoms with E-state index in [-0.39, 0.29) is 11.3 Å². The van der Waals surface area contributed by atoms with E-state index in [0.29, 0.717) is 23.5 Å². The molecule has 3 N–H and O–H groups in total. The number of amides is 1. The topological polar surface area (TPSA) is 81.4 Å². The molecule has 0 aliphatic heterocycles. The van der Waals surface area contributed by atoms with Crippen LogP contribution in [0, 0.1) is 5.41 Å². The van der Waals surface area contributed by atoms with Gasteiger partial charge >= 0.3 is 5.97 Å². The molecule has 5 nitrogen and oxygen atoms in total. The first-order valence-corrected chi connectivity index (χ1v) is 8.14. The molecule has 0 spiro atoms. The molecule has 0 saturated heterocycles. The van der Waals surface area contributed by atoms with Gasteiger partial charge in [-0.15, -0.1) is 11.3 Å². The third-order valence-electron chi connectivity index (χ3n) is 4.19. The number of esters is 1. The number of anilines is 1. The third kappa shape index (κ3) is 3.83. The van der Waals surface area contributed by atoms with Crippen LogP contribution in [0.5, 0.6) is 0 Å². The van der Waals surface area contributed by atoms with Crippen LogP contribution in [0.1, 0.15) is 48.2 Å². The Morgan fingerprint density at radius 3 is 2.71 bits per heavy atom. The maximum atomic E-state index is 12.3. The van der Waals surface area contributed by atoms with E-state index in [1.807, 2.05) is 0 Å². The van der Waals surface area contributed by atoms with Crippen LogP contribution in [-0.4, -0.2) is 25.5 Å². The Morgan fingerprint density at radius 1 is 1.38 bits per heavy atom. The number of rotatable bonds is 5. The average molecular weight is 310 g/mol. The molecule has 1 saturated carbocycles. The van der Waals surface area contributed by atoms with Gasteiger partial charge in [0.1, 0.15) is 4.88 Å². The van der Waals surface area contributed by atoms with Crippen molar-refractivity contribution < 1.29 is 14.3 Å². The summed E-state index contributed by atoms with van der Waals surface area (Å²) < 4.78 is 4.71. The van der Waals surface area contributed by atoms with Gasteiger partial charge in [-0.1, -0.05) is 19.3 Å². The summed E-state index contributed by atoms with van der Waals surface area (Å²) in [5.41, 5.74) is 6.36. The molecular formula is C15H22N2O3S. The Bertz CT molecular complexity index is 507. The van der Waals surface area contributed by atoms with Crippen molar-refractivity contribution in [1.29, 1.82) is 0 Å². The van der Waals surface area contributed by atoms with Crippen molar-refractivity contribution in [3.05, 3.63) is 16.3 Å². The van der Waals surface area contributed by atoms with E-state index in [2.05, 4.69) is 5.32 Å². The first-order valence-electron chi connectivity index (χ1n) is 7.26. The molecule has 21 heavy (non-hydrogen) atoms. The van der Waals surface area contributed by atoms with Crippen molar-refractivity contribution in [3.63, 3.8) is 0 Å². The second-order valence-electron chi connectivity index (χ2n) is 5.64. The molecule has 1 aliphatic rings. The highest BCUT2D eigenvalue weighted by molar-refractivity contribution is 7.12. The molecule has 6 heteroatoms. The van der Waals surface area contributed by atoms with Crippen LogP contribution in [0.3, 0.4) is 0 Å². The summed E-state index contributed by atoms with van der Waals surface area (Å²) in [6.45, 7) is 0.536. The molecule has 0 aromatic carbocycles. The third-order valence-corrected chi connectivity index (χ3v) is 5.09. The molecule has 0 atom stereocenters. The van der Waals surface area contributed by atoms with Crippen molar-refractivity contribution in [2.75, 3.05) is 19.0 Å². The molecule has 0 radical (unpaired) electrons. The summed E-state index contributed by atoms with van der Waals surface area (Å²) in [6, 6.07) is 1.73. The molecule has 1 aliphatic carbocycles. The van der Waals surface area contributed by atoms with E-state index in [9.17, 15) is 9.59 Å². The van der Waals surface area contributed by atoms with Gasteiger partial charge in [0, 0.05) is 6.42 Å². The number of carbonyl (C=O) groups excluding carboxylic acids is 2. The SMILES string of the molecule is COC(=O)c1sccc1NC(=O)CC1(CN)CCCCC1. The van der Waals surface area contributed by atoms with Crippen molar-refractivity contribution in [2.45, 2.75) is 38.5 Å². The zero-order valence-electron chi connectivity index (χ0n) is 12.3. The van der Waals surface area contributed by atoms with E-state index < -0.39 is 5.97 Å². The minimum Gasteiger partial charge on any atom is -0.465 e. The minimum atomic E-state index is -0.425. The average Bonchev–Trinajstić information content (AvgIpc) is 2.95. The van der Waals surface area contributed by atoms with Gasteiger partial charge < -0.3 is 15.8 Å². The first-order chi connectivity index (χ1) is 10.1. The molecule has 1 heterocycles. The molecule has 1 aromatic rings. The van der Waals surface area contributed by atoms with Gasteiger partial charge in [0.2, 0.25) is 5.91 Å². The van der Waals surface area contributed by atoms with E-state index in [0.717, 1.165) is 25.7 Å². The molecular weight excluding hydrogens is 288 g/mol. The number of hydrogen-bond acceptors (Lipinski definition) is 5. The second-order valence-corrected chi connectivity index (χ2v) is 6.56. The first kappa shape index (κ1) is 16.0. The fourth-order valence-electron chi connectivity index (χ4n) is 2.95. The summed E-state index contributed by atoms with van der Waals surface area (Å²) in [7, 11) is 1.33. The number of nitrogens with two attached hydrogens (primary N) is 1. The lowest BCUT2D eigenvalue weighted by molar-refractivity contribution is -0.118. The predicted molar refractivity (Wildman–Crippen MR) is 83.5 cm³/mol. The Morgan fingerprint density at radius 2 is 2.10 bits per heavy atom. The summed E-state index contributed by atoms with van der Waals surface area (Å²) in [4.78, 5) is 24.3. The van der Waals surface area contributed by atoms with Gasteiger partial charge in [-0.05, 0) is 36.2 Å². The predicted octanol–water partition coefficient (Wildman–Crippen LogP) is 2.77. The van der Waals surface area contributed by atoms with Crippen LogP contribution >= 0.6 is 11.3 Å². The molecule has 1 fully saturated rings. The van der Waals surface area contributed by atoms with Crippen LogP contribution < -0.4 is 11.1 Å². The Balaban J connectivity index is 2.01. The molecule has 0 bridgehead atoms. The van der Waals surface area contributed by atoms with Crippen LogP contribution in [0.15, 0.2) is 11.4 Å². The quantitative estimate of drug-likeness (QED) is 0.819. The lowest BCUT2D eigenvalue weighted by atomic mass is 9.71. The number of carbonyl (C=O) groups is 2. The van der Waals surface area contributed by atoms with E-state index in [1.165, 1.54) is 24.9 Å². The summed E-state index contributed by atoms with van der Waals surface area (Å²) in [5.74, 6) is -0.502. The number of hydrogen-bond donors (Lipinski definition) is 2. The van der Waals surface area contributed by atoms with Crippen molar-refractivity contribution in [2.24, 2.45) is 11.1 Å². The Hall–Kier alpha value is -1.40. The van der Waals surface area contributed by atoms with E-state index >= 15 is 0 Å². The molecule has 116 valence electrons. The number of ether oxygens (including phenoxy) is 1. The largest absolute Gasteiger partial charge is 0.465 e. The number of thiophene rings is 1. The van der Waals surface area contributed by atoms with Gasteiger partial charge in [0.15, 0.2) is 0 Å². The number of nitrogens with one attached hydrogen (secondary N) is 1. The van der Waals surface area contributed by atoms with Gasteiger partial charge in [-0.25, -0.2) is 4.79 Å². The monoisotopic (exact) mass is 310 g/mol. The zero-order chi connectivity index (χ0) is 15.3. The van der Waals surface area contributed by atoms with Gasteiger partial charge in [-0.3, -0.25) is 4.79 Å². The van der Waals surface area contributed by atoms with E-state index in [1.54, 1.807) is 11.4 Å². The van der Waals surface area contributed by atoms with Crippen molar-refractivity contribution in [1.82, 2.24) is 0 Å². The highest BCUT2D eigenvalue weighted by Crippen LogP contribution is 2.38. The second kappa shape index (κ2) is 7.04. The highest BCUT2D eigenvalue weighted by atomic mass is 32.1. The minimum absolute atomic E-state index is 0.0779. The van der Waals surface area contributed by atoms with Gasteiger partial charge in [-0.2, -0.15) is 0 Å². The molecule has 1 aromatic heterocycles. The van der Waals surface area contributed by atoms with Crippen LogP contribution in [0.25, 0.3) is 0 Å². The van der Waals surface area contributed by atoms with Crippen molar-refractivity contribution >= 4 is 28.9 Å². The highest BCUT2D eigenvalue weighted by Gasteiger charge is 2.33. The lowest BCUT2D eigenvalue weighted by Crippen LogP contribution is -2.36. The maximum Gasteiger partial charge on any atom is 0.350 e. The summed E-state index contributed by atoms with van der Waals surface area (Å²) in [5, 5.41) is 4.59. The normalized spacial score (nSPS) is 17.2. The Kier molecular flexibility index (Phi) is 5.36. The van der Waals surface area contributed by atoms with Crippen LogP contribution in [-0.2, 0) is 9.53 Å². The standard InChI is InChI=1S/C15H22N2O3S/c1-20-14(19)13-11(5-8-21-13)17-12(18)9-15(10-16)6-3-2-4-7-15/h5,8H,2-4,6-7,9-10,16H2,1H3,(H,17,18). The van der Waals surface area contributed by atoms with Crippen molar-refractivity contribution in [3.8, 4) is 0 Å². The fourth-order valence-corrected chi connectivity index (χ4v) is 3.71. The van der Waals surface area contributed by atoms with Crippen LogP contribution in [0.4, 0.5) is 5.69 Å². The van der Waals surface area contributed by atoms with E-state index in [4.69, 9.17) is 10.5 Å². The number of methoxy groups -OCH3 is 1. The fraction of sp³-hybridized carbons (Fsp3) is 0.600. The molecule has 1 amide bonds. The molecule has 0 unspecified atom stereocenters. The molecule has 2 rings (SSSR count).